The maximum atomic E-state index is 10.4. The van der Waals surface area contributed by atoms with Gasteiger partial charge >= 0.3 is 0 Å². The highest BCUT2D eigenvalue weighted by molar-refractivity contribution is 6.08. The maximum absolute atomic E-state index is 10.4. The van der Waals surface area contributed by atoms with Gasteiger partial charge in [0, 0.05) is 23.6 Å². The smallest absolute Gasteiger partial charge is 0.129 e. The highest BCUT2D eigenvalue weighted by atomic mass is 16.5. The third-order valence-corrected chi connectivity index (χ3v) is 6.12. The van der Waals surface area contributed by atoms with Gasteiger partial charge in [-0.2, -0.15) is 0 Å². The molecule has 164 valence electrons. The Morgan fingerprint density at radius 2 is 1.94 bits per heavy atom. The van der Waals surface area contributed by atoms with E-state index in [1.165, 1.54) is 5.56 Å². The van der Waals surface area contributed by atoms with Crippen LogP contribution in [0.5, 0.6) is 5.75 Å². The van der Waals surface area contributed by atoms with Crippen molar-refractivity contribution in [3.05, 3.63) is 71.4 Å². The van der Waals surface area contributed by atoms with Gasteiger partial charge < -0.3 is 14.6 Å². The van der Waals surface area contributed by atoms with Crippen LogP contribution < -0.4 is 4.74 Å². The van der Waals surface area contributed by atoms with Gasteiger partial charge in [-0.3, -0.25) is 4.98 Å². The predicted molar refractivity (Wildman–Crippen MR) is 129 cm³/mol. The van der Waals surface area contributed by atoms with Gasteiger partial charge in [0.25, 0.3) is 0 Å². The molecule has 1 unspecified atom stereocenters. The summed E-state index contributed by atoms with van der Waals surface area (Å²) in [6.45, 7) is 8.76. The average Bonchev–Trinajstić information content (AvgIpc) is 2.77. The molecule has 1 aliphatic heterocycles. The first kappa shape index (κ1) is 20.9. The van der Waals surface area contributed by atoms with E-state index in [2.05, 4.69) is 55.5 Å². The maximum Gasteiger partial charge on any atom is 0.129 e. The molecule has 1 N–H and O–H groups in total. The predicted octanol–water partition coefficient (Wildman–Crippen LogP) is 6.15. The Bertz CT molecular complexity index is 1310. The first-order chi connectivity index (χ1) is 15.4. The van der Waals surface area contributed by atoms with E-state index >= 15 is 0 Å². The summed E-state index contributed by atoms with van der Waals surface area (Å²) in [7, 11) is 0. The number of aliphatic hydroxyl groups excluding tert-OH is 1. The van der Waals surface area contributed by atoms with Crippen molar-refractivity contribution in [2.45, 2.75) is 45.8 Å². The zero-order valence-corrected chi connectivity index (χ0v) is 19.1. The molecule has 1 atom stereocenters. The van der Waals surface area contributed by atoms with Gasteiger partial charge in [-0.25, -0.2) is 0 Å². The highest BCUT2D eigenvalue weighted by Crippen LogP contribution is 2.44. The van der Waals surface area contributed by atoms with Crippen LogP contribution in [-0.2, 0) is 11.2 Å². The molecule has 2 heterocycles. The third-order valence-electron chi connectivity index (χ3n) is 6.12. The van der Waals surface area contributed by atoms with Crippen LogP contribution in [0.1, 0.15) is 43.6 Å². The lowest BCUT2D eigenvalue weighted by atomic mass is 9.85. The molecule has 4 nitrogen and oxygen atoms in total. The molecular weight excluding hydrogens is 398 g/mol. The van der Waals surface area contributed by atoms with Crippen LogP contribution in [0, 0.1) is 6.92 Å². The monoisotopic (exact) mass is 427 g/mol. The minimum atomic E-state index is -0.448. The number of pyridine rings is 1. The molecule has 0 spiro atoms. The van der Waals surface area contributed by atoms with E-state index in [1.54, 1.807) is 0 Å². The summed E-state index contributed by atoms with van der Waals surface area (Å²) in [6.07, 6.45) is 2.32. The number of fused-ring (bicyclic) bond motifs is 1. The van der Waals surface area contributed by atoms with Crippen LogP contribution in [0.3, 0.4) is 0 Å². The van der Waals surface area contributed by atoms with Crippen LogP contribution in [-0.4, -0.2) is 28.9 Å². The number of hydrogen-bond donors (Lipinski definition) is 1. The number of hydrogen-bond acceptors (Lipinski definition) is 4. The molecular formula is C28H29NO3. The molecule has 0 radical (unpaired) electrons. The van der Waals surface area contributed by atoms with Crippen LogP contribution in [0.15, 0.2) is 54.7 Å². The molecule has 32 heavy (non-hydrogen) atoms. The van der Waals surface area contributed by atoms with Gasteiger partial charge in [-0.1, -0.05) is 30.3 Å². The van der Waals surface area contributed by atoms with Crippen molar-refractivity contribution in [3.63, 3.8) is 0 Å². The van der Waals surface area contributed by atoms with E-state index < -0.39 is 11.7 Å². The average molecular weight is 428 g/mol. The van der Waals surface area contributed by atoms with Crippen molar-refractivity contribution >= 4 is 21.7 Å². The van der Waals surface area contributed by atoms with Crippen LogP contribution in [0.25, 0.3) is 32.8 Å². The molecule has 0 bridgehead atoms. The summed E-state index contributed by atoms with van der Waals surface area (Å²) in [4.78, 5) is 4.81. The summed E-state index contributed by atoms with van der Waals surface area (Å²) in [6, 6.07) is 16.8. The fourth-order valence-corrected chi connectivity index (χ4v) is 4.93. The van der Waals surface area contributed by atoms with Gasteiger partial charge in [-0.05, 0) is 78.9 Å². The number of aliphatic hydroxyl groups is 1. The van der Waals surface area contributed by atoms with E-state index in [0.717, 1.165) is 56.1 Å². The Labute approximate surface area is 188 Å². The first-order valence-electron chi connectivity index (χ1n) is 11.2. The Kier molecular flexibility index (Phi) is 5.15. The number of ether oxygens (including phenoxy) is 2. The quantitative estimate of drug-likeness (QED) is 0.425. The topological polar surface area (TPSA) is 51.6 Å². The van der Waals surface area contributed by atoms with E-state index in [1.807, 2.05) is 27.0 Å². The Morgan fingerprint density at radius 3 is 2.72 bits per heavy atom. The van der Waals surface area contributed by atoms with E-state index in [9.17, 15) is 5.11 Å². The van der Waals surface area contributed by atoms with Crippen LogP contribution in [0.4, 0.5) is 0 Å². The summed E-state index contributed by atoms with van der Waals surface area (Å²) >= 11 is 0. The largest absolute Gasteiger partial charge is 0.493 e. The molecule has 0 amide bonds. The summed E-state index contributed by atoms with van der Waals surface area (Å²) in [5.41, 5.74) is 6.03. The van der Waals surface area contributed by atoms with E-state index in [-0.39, 0.29) is 6.61 Å². The van der Waals surface area contributed by atoms with E-state index in [4.69, 9.17) is 14.5 Å². The molecule has 0 saturated carbocycles. The Morgan fingerprint density at radius 1 is 1.12 bits per heavy atom. The SMILES string of the molecule is Cc1cc2ccccc2c(-c2ccc3c4c(ccnc24)CCO3)c1C(CO)OC(C)(C)C. The van der Waals surface area contributed by atoms with Gasteiger partial charge in [-0.15, -0.1) is 0 Å². The van der Waals surface area contributed by atoms with E-state index in [0.29, 0.717) is 6.61 Å². The fraction of sp³-hybridized carbons (Fsp3) is 0.321. The van der Waals surface area contributed by atoms with Crippen molar-refractivity contribution in [1.82, 2.24) is 4.98 Å². The molecule has 0 saturated heterocycles. The van der Waals surface area contributed by atoms with Gasteiger partial charge in [0.1, 0.15) is 11.9 Å². The number of rotatable bonds is 4. The highest BCUT2D eigenvalue weighted by Gasteiger charge is 2.27. The molecule has 0 fully saturated rings. The van der Waals surface area contributed by atoms with Crippen molar-refractivity contribution in [1.29, 1.82) is 0 Å². The normalized spacial score (nSPS) is 14.5. The zero-order chi connectivity index (χ0) is 22.5. The minimum absolute atomic E-state index is 0.0960. The van der Waals surface area contributed by atoms with Gasteiger partial charge in [0.05, 0.1) is 24.3 Å². The lowest BCUT2D eigenvalue weighted by molar-refractivity contribution is -0.0821. The second-order valence-corrected chi connectivity index (χ2v) is 9.51. The number of aryl methyl sites for hydroxylation is 1. The minimum Gasteiger partial charge on any atom is -0.493 e. The molecule has 5 rings (SSSR count). The summed E-state index contributed by atoms with van der Waals surface area (Å²) in [5, 5.41) is 13.8. The fourth-order valence-electron chi connectivity index (χ4n) is 4.93. The molecule has 1 aliphatic rings. The lowest BCUT2D eigenvalue weighted by Crippen LogP contribution is -2.25. The van der Waals surface area contributed by atoms with Crippen molar-refractivity contribution in [3.8, 4) is 16.9 Å². The lowest BCUT2D eigenvalue weighted by Gasteiger charge is -2.30. The second-order valence-electron chi connectivity index (χ2n) is 9.51. The summed E-state index contributed by atoms with van der Waals surface area (Å²) in [5.74, 6) is 0.890. The van der Waals surface area contributed by atoms with Crippen LogP contribution in [0.2, 0.25) is 0 Å². The number of nitrogens with zero attached hydrogens (tertiary/aromatic N) is 1. The molecule has 4 heteroatoms. The van der Waals surface area contributed by atoms with Gasteiger partial charge in [0.2, 0.25) is 0 Å². The zero-order valence-electron chi connectivity index (χ0n) is 19.1. The van der Waals surface area contributed by atoms with Crippen LogP contribution >= 0.6 is 0 Å². The first-order valence-corrected chi connectivity index (χ1v) is 11.2. The molecule has 0 aliphatic carbocycles. The summed E-state index contributed by atoms with van der Waals surface area (Å²) < 4.78 is 12.3. The Hall–Kier alpha value is -2.95. The van der Waals surface area contributed by atoms with Crippen molar-refractivity contribution in [2.24, 2.45) is 0 Å². The second kappa shape index (κ2) is 7.88. The number of aromatic nitrogens is 1. The standard InChI is InChI=1S/C28H29NO3/c1-17-15-19-7-5-6-8-20(19)26(24(17)23(16-30)32-28(2,3)4)21-9-10-22-25-18(12-14-31-22)11-13-29-27(21)25/h5-11,13,15,23,30H,12,14,16H2,1-4H3. The molecule has 4 aromatic rings. The Balaban J connectivity index is 1.88. The molecule has 1 aromatic heterocycles. The molecule has 3 aromatic carbocycles. The number of benzene rings is 3. The van der Waals surface area contributed by atoms with Crippen molar-refractivity contribution < 1.29 is 14.6 Å². The third kappa shape index (κ3) is 3.54. The van der Waals surface area contributed by atoms with Gasteiger partial charge in [0.15, 0.2) is 0 Å². The van der Waals surface area contributed by atoms with Crippen molar-refractivity contribution in [2.75, 3.05) is 13.2 Å².